The first-order chi connectivity index (χ1) is 9.17. The number of sulfonamides is 1. The van der Waals surface area contributed by atoms with Crippen molar-refractivity contribution in [1.29, 1.82) is 0 Å². The molecule has 0 aromatic heterocycles. The van der Waals surface area contributed by atoms with Gasteiger partial charge < -0.3 is 5.11 Å². The summed E-state index contributed by atoms with van der Waals surface area (Å²) in [5, 5.41) is 9.39. The molecule has 1 aromatic rings. The molecule has 7 heteroatoms. The SMILES string of the molecule is CC(C)CC(C)NS(=O)(=O)c1cc(Cl)cc(CO)c1Cl. The predicted octanol–water partition coefficient (Wildman–Crippen LogP) is 3.20. The summed E-state index contributed by atoms with van der Waals surface area (Å²) in [5.74, 6) is 0.371. The largest absolute Gasteiger partial charge is 0.392 e. The first-order valence-corrected chi connectivity index (χ1v) is 8.52. The Hall–Kier alpha value is -0.330. The van der Waals surface area contributed by atoms with Crippen molar-refractivity contribution in [3.05, 3.63) is 27.7 Å². The molecule has 20 heavy (non-hydrogen) atoms. The monoisotopic (exact) mass is 339 g/mol. The average Bonchev–Trinajstić information content (AvgIpc) is 2.29. The van der Waals surface area contributed by atoms with Crippen LogP contribution in [0.25, 0.3) is 0 Å². The van der Waals surface area contributed by atoms with Crippen LogP contribution in [0.5, 0.6) is 0 Å². The lowest BCUT2D eigenvalue weighted by atomic mass is 10.1. The molecule has 1 unspecified atom stereocenters. The van der Waals surface area contributed by atoms with E-state index in [9.17, 15) is 13.5 Å². The number of nitrogens with one attached hydrogen (secondary N) is 1. The van der Waals surface area contributed by atoms with E-state index in [2.05, 4.69) is 4.72 Å². The molecule has 1 atom stereocenters. The fourth-order valence-corrected chi connectivity index (χ4v) is 4.19. The van der Waals surface area contributed by atoms with Gasteiger partial charge in [-0.3, -0.25) is 0 Å². The number of hydrogen-bond acceptors (Lipinski definition) is 3. The zero-order chi connectivity index (χ0) is 15.5. The maximum atomic E-state index is 12.3. The van der Waals surface area contributed by atoms with Crippen molar-refractivity contribution in [3.8, 4) is 0 Å². The Morgan fingerprint density at radius 2 is 1.85 bits per heavy atom. The molecule has 114 valence electrons. The fraction of sp³-hybridized carbons (Fsp3) is 0.538. The Balaban J connectivity index is 3.13. The van der Waals surface area contributed by atoms with Crippen molar-refractivity contribution in [1.82, 2.24) is 4.72 Å². The quantitative estimate of drug-likeness (QED) is 0.836. The fourth-order valence-electron chi connectivity index (χ4n) is 2.01. The molecule has 0 saturated heterocycles. The topological polar surface area (TPSA) is 66.4 Å². The third kappa shape index (κ3) is 4.60. The normalized spacial score (nSPS) is 13.8. The van der Waals surface area contributed by atoms with E-state index in [4.69, 9.17) is 23.2 Å². The van der Waals surface area contributed by atoms with Crippen LogP contribution in [0, 0.1) is 5.92 Å². The molecule has 0 aliphatic carbocycles. The molecule has 0 bridgehead atoms. The number of aliphatic hydroxyl groups is 1. The minimum absolute atomic E-state index is 0.00106. The van der Waals surface area contributed by atoms with Gasteiger partial charge in [-0.2, -0.15) is 0 Å². The van der Waals surface area contributed by atoms with Gasteiger partial charge in [-0.1, -0.05) is 37.0 Å². The van der Waals surface area contributed by atoms with E-state index >= 15 is 0 Å². The molecule has 0 radical (unpaired) electrons. The molecule has 4 nitrogen and oxygen atoms in total. The Labute approximate surface area is 130 Å². The van der Waals surface area contributed by atoms with Crippen molar-refractivity contribution in [2.24, 2.45) is 5.92 Å². The maximum absolute atomic E-state index is 12.3. The highest BCUT2D eigenvalue weighted by Crippen LogP contribution is 2.29. The van der Waals surface area contributed by atoms with Gasteiger partial charge in [-0.25, -0.2) is 13.1 Å². The molecule has 0 aliphatic heterocycles. The molecule has 1 aromatic carbocycles. The summed E-state index contributed by atoms with van der Waals surface area (Å²) < 4.78 is 27.2. The summed E-state index contributed by atoms with van der Waals surface area (Å²) >= 11 is 11.9. The highest BCUT2D eigenvalue weighted by atomic mass is 35.5. The number of benzene rings is 1. The van der Waals surface area contributed by atoms with E-state index in [1.54, 1.807) is 6.92 Å². The van der Waals surface area contributed by atoms with Crippen LogP contribution in [0.3, 0.4) is 0 Å². The van der Waals surface area contributed by atoms with Gasteiger partial charge in [-0.05, 0) is 37.0 Å². The predicted molar refractivity (Wildman–Crippen MR) is 81.6 cm³/mol. The molecule has 0 spiro atoms. The lowest BCUT2D eigenvalue weighted by Gasteiger charge is -2.17. The standard InChI is InChI=1S/C13H19Cl2NO3S/c1-8(2)4-9(3)16-20(18,19)12-6-11(14)5-10(7-17)13(12)15/h5-6,8-9,16-17H,4,7H2,1-3H3. The number of halogens is 2. The summed E-state index contributed by atoms with van der Waals surface area (Å²) in [6.07, 6.45) is 0.713. The molecule has 0 heterocycles. The van der Waals surface area contributed by atoms with Crippen LogP contribution >= 0.6 is 23.2 Å². The lowest BCUT2D eigenvalue weighted by Crippen LogP contribution is -2.33. The van der Waals surface area contributed by atoms with Gasteiger partial charge in [0.05, 0.1) is 11.6 Å². The third-order valence-electron chi connectivity index (χ3n) is 2.72. The van der Waals surface area contributed by atoms with Crippen LogP contribution < -0.4 is 4.72 Å². The van der Waals surface area contributed by atoms with Crippen molar-refractivity contribution < 1.29 is 13.5 Å². The summed E-state index contributed by atoms with van der Waals surface area (Å²) in [7, 11) is -3.77. The Morgan fingerprint density at radius 3 is 2.35 bits per heavy atom. The van der Waals surface area contributed by atoms with Gasteiger partial charge in [0.2, 0.25) is 10.0 Å². The van der Waals surface area contributed by atoms with Gasteiger partial charge >= 0.3 is 0 Å². The molecule has 1 rings (SSSR count). The molecule has 2 N–H and O–H groups in total. The third-order valence-corrected chi connectivity index (χ3v) is 5.11. The van der Waals surface area contributed by atoms with Crippen LogP contribution in [-0.2, 0) is 16.6 Å². The zero-order valence-corrected chi connectivity index (χ0v) is 14.0. The highest BCUT2D eigenvalue weighted by molar-refractivity contribution is 7.89. The molecular weight excluding hydrogens is 321 g/mol. The Bertz CT molecular complexity index is 573. The van der Waals surface area contributed by atoms with Crippen molar-refractivity contribution >= 4 is 33.2 Å². The second-order valence-corrected chi connectivity index (χ2v) is 7.68. The maximum Gasteiger partial charge on any atom is 0.242 e. The lowest BCUT2D eigenvalue weighted by molar-refractivity contribution is 0.281. The minimum Gasteiger partial charge on any atom is -0.392 e. The Morgan fingerprint density at radius 1 is 1.25 bits per heavy atom. The van der Waals surface area contributed by atoms with Gasteiger partial charge in [0.15, 0.2) is 0 Å². The van der Waals surface area contributed by atoms with E-state index in [-0.39, 0.29) is 33.2 Å². The van der Waals surface area contributed by atoms with E-state index in [0.717, 1.165) is 0 Å². The minimum atomic E-state index is -3.77. The van der Waals surface area contributed by atoms with Crippen LogP contribution in [0.4, 0.5) is 0 Å². The van der Waals surface area contributed by atoms with E-state index in [0.29, 0.717) is 12.3 Å². The molecule has 0 aliphatic rings. The summed E-state index contributed by atoms with van der Waals surface area (Å²) in [6.45, 7) is 5.45. The first kappa shape index (κ1) is 17.7. The van der Waals surface area contributed by atoms with Gasteiger partial charge in [0.25, 0.3) is 0 Å². The van der Waals surface area contributed by atoms with Crippen molar-refractivity contribution in [3.63, 3.8) is 0 Å². The summed E-state index contributed by atoms with van der Waals surface area (Å²) in [5.41, 5.74) is 0.288. The number of hydrogen-bond donors (Lipinski definition) is 2. The molecule has 0 fully saturated rings. The first-order valence-electron chi connectivity index (χ1n) is 6.28. The van der Waals surface area contributed by atoms with Gasteiger partial charge in [-0.15, -0.1) is 0 Å². The smallest absolute Gasteiger partial charge is 0.242 e. The van der Waals surface area contributed by atoms with E-state index < -0.39 is 10.0 Å². The molecular formula is C13H19Cl2NO3S. The van der Waals surface area contributed by atoms with E-state index in [1.165, 1.54) is 12.1 Å². The zero-order valence-electron chi connectivity index (χ0n) is 11.7. The second kappa shape index (κ2) is 7.09. The number of rotatable bonds is 6. The van der Waals surface area contributed by atoms with E-state index in [1.807, 2.05) is 13.8 Å². The van der Waals surface area contributed by atoms with Crippen LogP contribution in [0.1, 0.15) is 32.8 Å². The molecule has 0 saturated carbocycles. The van der Waals surface area contributed by atoms with Crippen LogP contribution in [-0.4, -0.2) is 19.6 Å². The average molecular weight is 340 g/mol. The Kier molecular flexibility index (Phi) is 6.28. The van der Waals surface area contributed by atoms with Crippen LogP contribution in [0.2, 0.25) is 10.0 Å². The van der Waals surface area contributed by atoms with Gasteiger partial charge in [0.1, 0.15) is 4.90 Å². The summed E-state index contributed by atoms with van der Waals surface area (Å²) in [6, 6.07) is 2.51. The summed E-state index contributed by atoms with van der Waals surface area (Å²) in [4.78, 5) is -0.105. The second-order valence-electron chi connectivity index (χ2n) is 5.19. The van der Waals surface area contributed by atoms with Gasteiger partial charge in [0, 0.05) is 11.1 Å². The van der Waals surface area contributed by atoms with Crippen molar-refractivity contribution in [2.75, 3.05) is 0 Å². The highest BCUT2D eigenvalue weighted by Gasteiger charge is 2.23. The van der Waals surface area contributed by atoms with Crippen molar-refractivity contribution in [2.45, 2.75) is 44.7 Å². The molecule has 0 amide bonds. The van der Waals surface area contributed by atoms with Crippen LogP contribution in [0.15, 0.2) is 17.0 Å². The number of aliphatic hydroxyl groups excluding tert-OH is 1.